The summed E-state index contributed by atoms with van der Waals surface area (Å²) >= 11 is 0. The van der Waals surface area contributed by atoms with Crippen molar-refractivity contribution in [2.45, 2.75) is 0 Å². The number of rotatable bonds is 1. The van der Waals surface area contributed by atoms with Crippen LogP contribution >= 0.6 is 0 Å². The Kier molecular flexibility index (Phi) is 2.04. The van der Waals surface area contributed by atoms with E-state index in [0.717, 1.165) is 5.52 Å². The maximum atomic E-state index is 11.8. The van der Waals surface area contributed by atoms with Crippen molar-refractivity contribution in [3.63, 3.8) is 0 Å². The molecule has 4 heteroatoms. The molecule has 2 rings (SSSR count). The van der Waals surface area contributed by atoms with Gasteiger partial charge in [0.2, 0.25) is 5.43 Å². The topological polar surface area (TPSA) is 65.1 Å². The molecule has 0 fully saturated rings. The van der Waals surface area contributed by atoms with Crippen LogP contribution < -0.4 is 11.2 Å². The molecule has 1 aromatic carbocycles. The number of primary amides is 1. The standard InChI is InChI=1S/C11H10N2O2/c1-13-6-8(11(12)15)10(14)7-4-2-3-5-9(7)13/h2-6H,1H3,(H2,12,15). The third kappa shape index (κ3) is 1.40. The number of pyridine rings is 1. The number of hydrogen-bond acceptors (Lipinski definition) is 2. The SMILES string of the molecule is Cn1cc(C(N)=O)c(=O)c2ccccc21. The summed E-state index contributed by atoms with van der Waals surface area (Å²) in [6.07, 6.45) is 1.47. The molecular weight excluding hydrogens is 192 g/mol. The van der Waals surface area contributed by atoms with Crippen LogP contribution in [0.5, 0.6) is 0 Å². The van der Waals surface area contributed by atoms with Crippen LogP contribution in [0.15, 0.2) is 35.3 Å². The molecule has 2 aromatic rings. The number of para-hydroxylation sites is 1. The van der Waals surface area contributed by atoms with Crippen LogP contribution in [0.25, 0.3) is 10.9 Å². The van der Waals surface area contributed by atoms with Crippen molar-refractivity contribution < 1.29 is 4.79 Å². The van der Waals surface area contributed by atoms with Gasteiger partial charge in [-0.2, -0.15) is 0 Å². The van der Waals surface area contributed by atoms with Gasteiger partial charge in [0, 0.05) is 18.6 Å². The molecule has 0 aliphatic heterocycles. The largest absolute Gasteiger partial charge is 0.365 e. The fourth-order valence-electron chi connectivity index (χ4n) is 1.62. The number of fused-ring (bicyclic) bond motifs is 1. The zero-order valence-corrected chi connectivity index (χ0v) is 8.23. The highest BCUT2D eigenvalue weighted by Gasteiger charge is 2.10. The number of carbonyl (C=O) groups excluding carboxylic acids is 1. The lowest BCUT2D eigenvalue weighted by Gasteiger charge is -2.06. The average molecular weight is 202 g/mol. The Labute approximate surface area is 85.9 Å². The van der Waals surface area contributed by atoms with E-state index in [1.807, 2.05) is 12.1 Å². The first-order valence-corrected chi connectivity index (χ1v) is 4.49. The first-order valence-electron chi connectivity index (χ1n) is 4.49. The Balaban J connectivity index is 2.97. The fraction of sp³-hybridized carbons (Fsp3) is 0.0909. The van der Waals surface area contributed by atoms with Crippen LogP contribution in [-0.4, -0.2) is 10.5 Å². The van der Waals surface area contributed by atoms with Crippen molar-refractivity contribution in [3.8, 4) is 0 Å². The molecule has 0 spiro atoms. The first-order chi connectivity index (χ1) is 7.11. The summed E-state index contributed by atoms with van der Waals surface area (Å²) in [6.45, 7) is 0. The fourth-order valence-corrected chi connectivity index (χ4v) is 1.62. The Morgan fingerprint density at radius 2 is 2.00 bits per heavy atom. The molecule has 0 aliphatic carbocycles. The monoisotopic (exact) mass is 202 g/mol. The highest BCUT2D eigenvalue weighted by Crippen LogP contribution is 2.09. The van der Waals surface area contributed by atoms with Gasteiger partial charge >= 0.3 is 0 Å². The van der Waals surface area contributed by atoms with Crippen LogP contribution in [0.1, 0.15) is 10.4 Å². The highest BCUT2D eigenvalue weighted by molar-refractivity contribution is 5.96. The summed E-state index contributed by atoms with van der Waals surface area (Å²) in [4.78, 5) is 22.8. The first kappa shape index (κ1) is 9.45. The van der Waals surface area contributed by atoms with E-state index in [1.165, 1.54) is 6.20 Å². The molecule has 76 valence electrons. The van der Waals surface area contributed by atoms with Gasteiger partial charge in [0.25, 0.3) is 5.91 Å². The molecule has 0 radical (unpaired) electrons. The van der Waals surface area contributed by atoms with Gasteiger partial charge in [0.05, 0.1) is 5.52 Å². The van der Waals surface area contributed by atoms with Crippen molar-refractivity contribution >= 4 is 16.8 Å². The van der Waals surface area contributed by atoms with Gasteiger partial charge in [-0.05, 0) is 12.1 Å². The minimum atomic E-state index is -0.693. The number of carbonyl (C=O) groups is 1. The van der Waals surface area contributed by atoms with Gasteiger partial charge in [-0.15, -0.1) is 0 Å². The molecule has 1 heterocycles. The maximum absolute atomic E-state index is 11.8. The molecule has 0 aliphatic rings. The Morgan fingerprint density at radius 3 is 2.67 bits per heavy atom. The van der Waals surface area contributed by atoms with E-state index in [-0.39, 0.29) is 11.0 Å². The summed E-state index contributed by atoms with van der Waals surface area (Å²) in [5, 5.41) is 0.510. The quantitative estimate of drug-likeness (QED) is 0.737. The molecule has 1 aromatic heterocycles. The number of nitrogens with zero attached hydrogens (tertiary/aromatic N) is 1. The molecule has 15 heavy (non-hydrogen) atoms. The molecule has 0 atom stereocenters. The second-order valence-electron chi connectivity index (χ2n) is 3.36. The summed E-state index contributed by atoms with van der Waals surface area (Å²) < 4.78 is 1.72. The molecule has 0 bridgehead atoms. The smallest absolute Gasteiger partial charge is 0.254 e. The number of aryl methyl sites for hydroxylation is 1. The minimum Gasteiger partial charge on any atom is -0.365 e. The van der Waals surface area contributed by atoms with Crippen LogP contribution in [0.3, 0.4) is 0 Å². The predicted molar refractivity (Wildman–Crippen MR) is 57.7 cm³/mol. The zero-order chi connectivity index (χ0) is 11.0. The summed E-state index contributed by atoms with van der Waals surface area (Å²) in [5.41, 5.74) is 5.62. The lowest BCUT2D eigenvalue weighted by Crippen LogP contribution is -2.23. The van der Waals surface area contributed by atoms with Crippen molar-refractivity contribution in [1.29, 1.82) is 0 Å². The average Bonchev–Trinajstić information content (AvgIpc) is 2.23. The molecule has 0 saturated carbocycles. The molecular formula is C11H10N2O2. The maximum Gasteiger partial charge on any atom is 0.254 e. The second-order valence-corrected chi connectivity index (χ2v) is 3.36. The van der Waals surface area contributed by atoms with Crippen LogP contribution in [0, 0.1) is 0 Å². The van der Waals surface area contributed by atoms with E-state index in [1.54, 1.807) is 23.7 Å². The molecule has 4 nitrogen and oxygen atoms in total. The van der Waals surface area contributed by atoms with E-state index < -0.39 is 5.91 Å². The van der Waals surface area contributed by atoms with Gasteiger partial charge in [0.1, 0.15) is 5.56 Å². The summed E-state index contributed by atoms with van der Waals surface area (Å²) in [5.74, 6) is -0.693. The van der Waals surface area contributed by atoms with E-state index in [9.17, 15) is 9.59 Å². The summed E-state index contributed by atoms with van der Waals surface area (Å²) in [7, 11) is 1.77. The van der Waals surface area contributed by atoms with E-state index in [4.69, 9.17) is 5.73 Å². The number of aromatic nitrogens is 1. The van der Waals surface area contributed by atoms with E-state index in [2.05, 4.69) is 0 Å². The minimum absolute atomic E-state index is 0.0243. The van der Waals surface area contributed by atoms with Gasteiger partial charge in [0.15, 0.2) is 0 Å². The van der Waals surface area contributed by atoms with E-state index in [0.29, 0.717) is 5.39 Å². The Morgan fingerprint density at radius 1 is 1.33 bits per heavy atom. The van der Waals surface area contributed by atoms with Crippen molar-refractivity contribution in [2.75, 3.05) is 0 Å². The zero-order valence-electron chi connectivity index (χ0n) is 8.23. The van der Waals surface area contributed by atoms with Crippen molar-refractivity contribution in [1.82, 2.24) is 4.57 Å². The van der Waals surface area contributed by atoms with Crippen LogP contribution in [-0.2, 0) is 7.05 Å². The Hall–Kier alpha value is -2.10. The van der Waals surface area contributed by atoms with Gasteiger partial charge in [-0.25, -0.2) is 0 Å². The third-order valence-electron chi connectivity index (χ3n) is 2.36. The summed E-state index contributed by atoms with van der Waals surface area (Å²) in [6, 6.07) is 7.10. The van der Waals surface area contributed by atoms with Crippen molar-refractivity contribution in [3.05, 3.63) is 46.2 Å². The van der Waals surface area contributed by atoms with Gasteiger partial charge in [-0.3, -0.25) is 9.59 Å². The number of nitrogens with two attached hydrogens (primary N) is 1. The number of hydrogen-bond donors (Lipinski definition) is 1. The normalized spacial score (nSPS) is 10.5. The molecule has 1 amide bonds. The molecule has 2 N–H and O–H groups in total. The Bertz CT molecular complexity index is 599. The van der Waals surface area contributed by atoms with Gasteiger partial charge < -0.3 is 10.3 Å². The van der Waals surface area contributed by atoms with Crippen LogP contribution in [0.2, 0.25) is 0 Å². The highest BCUT2D eigenvalue weighted by atomic mass is 16.2. The predicted octanol–water partition coefficient (Wildman–Crippen LogP) is 0.637. The number of amides is 1. The van der Waals surface area contributed by atoms with Crippen LogP contribution in [0.4, 0.5) is 0 Å². The lowest BCUT2D eigenvalue weighted by molar-refractivity contribution is 0.0999. The number of benzene rings is 1. The second kappa shape index (κ2) is 3.24. The van der Waals surface area contributed by atoms with Crippen molar-refractivity contribution in [2.24, 2.45) is 12.8 Å². The lowest BCUT2D eigenvalue weighted by atomic mass is 10.1. The molecule has 0 unspecified atom stereocenters. The molecule has 0 saturated heterocycles. The van der Waals surface area contributed by atoms with E-state index >= 15 is 0 Å². The van der Waals surface area contributed by atoms with Gasteiger partial charge in [-0.1, -0.05) is 12.1 Å². The third-order valence-corrected chi connectivity index (χ3v) is 2.36.